The zero-order valence-corrected chi connectivity index (χ0v) is 19.2. The van der Waals surface area contributed by atoms with Crippen LogP contribution >= 0.6 is 11.6 Å². The quantitative estimate of drug-likeness (QED) is 0.437. The molecule has 0 bridgehead atoms. The van der Waals surface area contributed by atoms with E-state index >= 15 is 0 Å². The number of amides is 1. The largest absolute Gasteiger partial charge is 0.376 e. The minimum absolute atomic E-state index is 0.0142. The number of hydrogen-bond donors (Lipinski definition) is 1. The number of anilines is 1. The smallest absolute Gasteiger partial charge is 0.273 e. The van der Waals surface area contributed by atoms with Crippen molar-refractivity contribution in [1.82, 2.24) is 29.7 Å². The molecule has 0 spiro atoms. The highest BCUT2D eigenvalue weighted by atomic mass is 35.5. The van der Waals surface area contributed by atoms with E-state index in [4.69, 9.17) is 11.6 Å². The van der Waals surface area contributed by atoms with Gasteiger partial charge in [0.2, 0.25) is 0 Å². The van der Waals surface area contributed by atoms with Crippen molar-refractivity contribution in [2.45, 2.75) is 13.1 Å². The first-order valence-electron chi connectivity index (χ1n) is 10.2. The van der Waals surface area contributed by atoms with Gasteiger partial charge in [-0.25, -0.2) is 14.1 Å². The minimum atomic E-state index is -0.604. The number of pyridine rings is 1. The number of hydrogen-bond acceptors (Lipinski definition) is 6. The Morgan fingerprint density at radius 2 is 2.21 bits per heavy atom. The Labute approximate surface area is 199 Å². The Morgan fingerprint density at radius 1 is 1.41 bits per heavy atom. The number of benzene rings is 1. The molecule has 0 fully saturated rings. The van der Waals surface area contributed by atoms with Gasteiger partial charge >= 0.3 is 0 Å². The van der Waals surface area contributed by atoms with Crippen molar-refractivity contribution in [3.05, 3.63) is 82.4 Å². The normalized spacial score (nSPS) is 10.8. The van der Waals surface area contributed by atoms with Crippen molar-refractivity contribution in [3.8, 4) is 6.07 Å². The lowest BCUT2D eigenvalue weighted by molar-refractivity contribution is 0.0945. The van der Waals surface area contributed by atoms with Crippen LogP contribution in [0.3, 0.4) is 0 Å². The summed E-state index contributed by atoms with van der Waals surface area (Å²) in [6.45, 7) is 4.12. The average Bonchev–Trinajstić information content (AvgIpc) is 3.46. The van der Waals surface area contributed by atoms with Crippen molar-refractivity contribution in [3.63, 3.8) is 0 Å². The SMILES string of the molecule is C=Cc1cc(Cn2cc(C(=O)NCc3ncn4ccc(Cl)c(F)c34)nn2)cc(C#N)c1N(C)C. The molecular formula is C23H20ClFN8O. The first-order valence-corrected chi connectivity index (χ1v) is 10.5. The predicted octanol–water partition coefficient (Wildman–Crippen LogP) is 3.28. The summed E-state index contributed by atoms with van der Waals surface area (Å²) in [5.41, 5.74) is 3.55. The van der Waals surface area contributed by atoms with E-state index in [1.807, 2.05) is 25.1 Å². The number of aromatic nitrogens is 5. The van der Waals surface area contributed by atoms with Crippen LogP contribution in [0.2, 0.25) is 5.02 Å². The van der Waals surface area contributed by atoms with E-state index in [9.17, 15) is 14.4 Å². The molecule has 3 aromatic heterocycles. The fraction of sp³-hybridized carbons (Fsp3) is 0.174. The van der Waals surface area contributed by atoms with Crippen molar-refractivity contribution in [2.24, 2.45) is 0 Å². The highest BCUT2D eigenvalue weighted by Crippen LogP contribution is 2.27. The molecule has 1 N–H and O–H groups in total. The maximum atomic E-state index is 14.4. The summed E-state index contributed by atoms with van der Waals surface area (Å²) >= 11 is 5.86. The lowest BCUT2D eigenvalue weighted by atomic mass is 10.0. The van der Waals surface area contributed by atoms with E-state index in [2.05, 4.69) is 33.3 Å². The maximum absolute atomic E-state index is 14.4. The molecule has 0 aliphatic rings. The van der Waals surface area contributed by atoms with Crippen LogP contribution in [0.4, 0.5) is 10.1 Å². The van der Waals surface area contributed by atoms with Crippen LogP contribution in [0, 0.1) is 17.1 Å². The molecule has 34 heavy (non-hydrogen) atoms. The molecule has 4 rings (SSSR count). The highest BCUT2D eigenvalue weighted by molar-refractivity contribution is 6.31. The first-order chi connectivity index (χ1) is 16.3. The first kappa shape index (κ1) is 22.9. The predicted molar refractivity (Wildman–Crippen MR) is 126 cm³/mol. The minimum Gasteiger partial charge on any atom is -0.376 e. The van der Waals surface area contributed by atoms with Gasteiger partial charge in [-0.1, -0.05) is 29.5 Å². The van der Waals surface area contributed by atoms with E-state index in [0.717, 1.165) is 16.8 Å². The van der Waals surface area contributed by atoms with Gasteiger partial charge in [-0.2, -0.15) is 5.26 Å². The molecule has 0 unspecified atom stereocenters. The molecule has 1 amide bonds. The number of halogens is 2. The molecule has 0 aliphatic heterocycles. The molecule has 3 heterocycles. The van der Waals surface area contributed by atoms with Gasteiger partial charge in [0, 0.05) is 20.3 Å². The molecule has 0 saturated carbocycles. The number of fused-ring (bicyclic) bond motifs is 1. The maximum Gasteiger partial charge on any atom is 0.273 e. The van der Waals surface area contributed by atoms with Crippen LogP contribution in [-0.4, -0.2) is 44.4 Å². The number of imidazole rings is 1. The van der Waals surface area contributed by atoms with Crippen LogP contribution < -0.4 is 10.2 Å². The zero-order valence-electron chi connectivity index (χ0n) is 18.5. The molecular weight excluding hydrogens is 459 g/mol. The third-order valence-corrected chi connectivity index (χ3v) is 5.48. The van der Waals surface area contributed by atoms with E-state index in [-0.39, 0.29) is 22.8 Å². The highest BCUT2D eigenvalue weighted by Gasteiger charge is 2.16. The molecule has 0 saturated heterocycles. The molecule has 9 nitrogen and oxygen atoms in total. The zero-order chi connectivity index (χ0) is 24.4. The van der Waals surface area contributed by atoms with E-state index < -0.39 is 11.7 Å². The number of rotatable bonds is 7. The number of nitrogens with one attached hydrogen (secondary N) is 1. The van der Waals surface area contributed by atoms with Gasteiger partial charge in [-0.05, 0) is 29.3 Å². The van der Waals surface area contributed by atoms with Crippen molar-refractivity contribution in [1.29, 1.82) is 5.26 Å². The molecule has 0 aliphatic carbocycles. The van der Waals surface area contributed by atoms with Crippen molar-refractivity contribution < 1.29 is 9.18 Å². The summed E-state index contributed by atoms with van der Waals surface area (Å²) in [6, 6.07) is 7.32. The van der Waals surface area contributed by atoms with E-state index in [0.29, 0.717) is 17.8 Å². The molecule has 0 atom stereocenters. The second-order valence-corrected chi connectivity index (χ2v) is 8.11. The van der Waals surface area contributed by atoms with Gasteiger partial charge in [-0.3, -0.25) is 4.79 Å². The van der Waals surface area contributed by atoms with Crippen LogP contribution in [-0.2, 0) is 13.1 Å². The monoisotopic (exact) mass is 478 g/mol. The van der Waals surface area contributed by atoms with E-state index in [1.165, 1.54) is 27.7 Å². The summed E-state index contributed by atoms with van der Waals surface area (Å²) in [7, 11) is 3.72. The molecule has 11 heteroatoms. The molecule has 4 aromatic rings. The molecule has 1 aromatic carbocycles. The van der Waals surface area contributed by atoms with Crippen molar-refractivity contribution in [2.75, 3.05) is 19.0 Å². The van der Waals surface area contributed by atoms with E-state index in [1.54, 1.807) is 18.3 Å². The Hall–Kier alpha value is -4.23. The Kier molecular flexibility index (Phi) is 6.30. The Balaban J connectivity index is 1.49. The van der Waals surface area contributed by atoms with Gasteiger partial charge in [0.1, 0.15) is 11.6 Å². The average molecular weight is 479 g/mol. The van der Waals surface area contributed by atoms with Crippen LogP contribution in [0.15, 0.2) is 43.5 Å². The summed E-state index contributed by atoms with van der Waals surface area (Å²) < 4.78 is 17.4. The van der Waals surface area contributed by atoms with Gasteiger partial charge < -0.3 is 14.6 Å². The molecule has 0 radical (unpaired) electrons. The third-order valence-electron chi connectivity index (χ3n) is 5.19. The Bertz CT molecular complexity index is 1450. The molecule has 172 valence electrons. The second-order valence-electron chi connectivity index (χ2n) is 7.70. The fourth-order valence-corrected chi connectivity index (χ4v) is 3.83. The van der Waals surface area contributed by atoms with Gasteiger partial charge in [0.25, 0.3) is 5.91 Å². The third kappa shape index (κ3) is 4.33. The van der Waals surface area contributed by atoms with Gasteiger partial charge in [-0.15, -0.1) is 5.10 Å². The lowest BCUT2D eigenvalue weighted by Crippen LogP contribution is -2.23. The fourth-order valence-electron chi connectivity index (χ4n) is 3.69. The summed E-state index contributed by atoms with van der Waals surface area (Å²) in [5, 5.41) is 20.1. The summed E-state index contributed by atoms with van der Waals surface area (Å²) in [5.74, 6) is -1.09. The van der Waals surface area contributed by atoms with Crippen LogP contribution in [0.1, 0.15) is 32.9 Å². The number of nitriles is 1. The van der Waals surface area contributed by atoms with Gasteiger partial charge in [0.15, 0.2) is 11.5 Å². The van der Waals surface area contributed by atoms with Gasteiger partial charge in [0.05, 0.1) is 47.6 Å². The number of carbonyl (C=O) groups excluding carboxylic acids is 1. The summed E-state index contributed by atoms with van der Waals surface area (Å²) in [6.07, 6.45) is 6.22. The number of nitrogens with zero attached hydrogens (tertiary/aromatic N) is 7. The topological polar surface area (TPSA) is 104 Å². The van der Waals surface area contributed by atoms with Crippen LogP contribution in [0.5, 0.6) is 0 Å². The Morgan fingerprint density at radius 3 is 2.91 bits per heavy atom. The van der Waals surface area contributed by atoms with Crippen LogP contribution in [0.25, 0.3) is 11.6 Å². The summed E-state index contributed by atoms with van der Waals surface area (Å²) in [4.78, 5) is 18.6. The second kappa shape index (κ2) is 9.33. The standard InChI is InChI=1S/C23H20ClFN8O/c1-4-15-7-14(8-16(9-26)21(15)31(2)3)11-33-12-19(29-30-33)23(34)27-10-18-22-20(25)17(24)5-6-32(22)13-28-18/h4-8,12-13H,1,10-11H2,2-3H3,(H,27,34). The van der Waals surface area contributed by atoms with Crippen molar-refractivity contribution >= 4 is 34.8 Å². The number of carbonyl (C=O) groups is 1. The lowest BCUT2D eigenvalue weighted by Gasteiger charge is -2.18.